The fraction of sp³-hybridized carbons (Fsp3) is 0.622. The zero-order valence-corrected chi connectivity index (χ0v) is 58.7. The van der Waals surface area contributed by atoms with Crippen LogP contribution in [0.4, 0.5) is 0 Å². The molecule has 91 heavy (non-hydrogen) atoms. The predicted octanol–water partition coefficient (Wildman–Crippen LogP) is 23.0. The van der Waals surface area contributed by atoms with Crippen LogP contribution in [0.25, 0.3) is 0 Å². The molecule has 0 aliphatic heterocycles. The van der Waals surface area contributed by atoms with Crippen molar-refractivity contribution >= 4 is 17.9 Å². The number of carbonyl (C=O) groups excluding carboxylic acids is 2. The molecule has 0 heterocycles. The summed E-state index contributed by atoms with van der Waals surface area (Å²) in [5.41, 5.74) is 0. The van der Waals surface area contributed by atoms with Gasteiger partial charge in [-0.05, 0) is 128 Å². The highest BCUT2D eigenvalue weighted by Crippen LogP contribution is 2.16. The number of hydrogen-bond acceptors (Lipinski definition) is 7. The van der Waals surface area contributed by atoms with Crippen molar-refractivity contribution in [1.82, 2.24) is 0 Å². The molecule has 0 rings (SSSR count). The van der Waals surface area contributed by atoms with E-state index in [1.165, 1.54) is 103 Å². The lowest BCUT2D eigenvalue weighted by atomic mass is 10.0. The van der Waals surface area contributed by atoms with E-state index in [-0.39, 0.29) is 32.2 Å². The quantitative estimate of drug-likeness (QED) is 0.0211. The van der Waals surface area contributed by atoms with Crippen LogP contribution in [0.3, 0.4) is 0 Å². The van der Waals surface area contributed by atoms with Crippen LogP contribution in [0, 0.1) is 0 Å². The molecule has 0 saturated heterocycles. The second kappa shape index (κ2) is 70.5. The van der Waals surface area contributed by atoms with Crippen molar-refractivity contribution in [2.24, 2.45) is 0 Å². The topological polar surface area (TPSA) is 108 Å². The van der Waals surface area contributed by atoms with Crippen LogP contribution in [0.1, 0.15) is 271 Å². The Balaban J connectivity index is 4.17. The minimum Gasteiger partial charge on any atom is -0.477 e. The average molecular weight is 1260 g/mol. The number of ether oxygens (including phenoxy) is 4. The van der Waals surface area contributed by atoms with E-state index in [9.17, 15) is 19.5 Å². The number of carbonyl (C=O) groups is 3. The molecule has 0 aliphatic carbocycles. The Bertz CT molecular complexity index is 2100. The summed E-state index contributed by atoms with van der Waals surface area (Å²) in [6.07, 6.45) is 103. The molecule has 0 bridgehead atoms. The van der Waals surface area contributed by atoms with E-state index in [1.54, 1.807) is 0 Å². The number of likely N-dealkylation sites (N-methyl/N-ethyl adjacent to an activating group) is 1. The van der Waals surface area contributed by atoms with E-state index in [2.05, 4.69) is 184 Å². The Kier molecular flexibility index (Phi) is 66.4. The number of aliphatic carboxylic acids is 1. The van der Waals surface area contributed by atoms with Crippen LogP contribution in [0.2, 0.25) is 0 Å². The largest absolute Gasteiger partial charge is 0.477 e. The number of carboxylic acid groups (broad SMARTS) is 1. The molecule has 0 aromatic heterocycles. The predicted molar refractivity (Wildman–Crippen MR) is 391 cm³/mol. The molecule has 0 aromatic rings. The summed E-state index contributed by atoms with van der Waals surface area (Å²) in [4.78, 5) is 37.7. The van der Waals surface area contributed by atoms with Gasteiger partial charge in [0, 0.05) is 12.8 Å². The van der Waals surface area contributed by atoms with Crippen molar-refractivity contribution in [1.29, 1.82) is 0 Å². The Morgan fingerprint density at radius 2 is 0.593 bits per heavy atom. The van der Waals surface area contributed by atoms with Gasteiger partial charge in [-0.15, -0.1) is 0 Å². The average Bonchev–Trinajstić information content (AvgIpc) is 3.50. The zero-order valence-electron chi connectivity index (χ0n) is 58.7. The summed E-state index contributed by atoms with van der Waals surface area (Å²) in [6.45, 7) is 4.64. The van der Waals surface area contributed by atoms with E-state index in [1.807, 2.05) is 21.1 Å². The summed E-state index contributed by atoms with van der Waals surface area (Å²) in [6, 6.07) is 0. The van der Waals surface area contributed by atoms with Gasteiger partial charge in [0.1, 0.15) is 13.2 Å². The van der Waals surface area contributed by atoms with Gasteiger partial charge >= 0.3 is 17.9 Å². The Hall–Kier alpha value is -5.35. The van der Waals surface area contributed by atoms with Crippen molar-refractivity contribution in [3.8, 4) is 0 Å². The van der Waals surface area contributed by atoms with Crippen LogP contribution in [-0.2, 0) is 33.3 Å². The lowest BCUT2D eigenvalue weighted by molar-refractivity contribution is -0.870. The highest BCUT2D eigenvalue weighted by Gasteiger charge is 2.25. The number of rotatable bonds is 65. The number of quaternary nitrogens is 1. The van der Waals surface area contributed by atoms with Crippen LogP contribution in [0.5, 0.6) is 0 Å². The highest BCUT2D eigenvalue weighted by molar-refractivity contribution is 5.71. The first kappa shape index (κ1) is 85.7. The van der Waals surface area contributed by atoms with Gasteiger partial charge < -0.3 is 28.5 Å². The second-order valence-electron chi connectivity index (χ2n) is 24.8. The highest BCUT2D eigenvalue weighted by atomic mass is 16.7. The maximum Gasteiger partial charge on any atom is 0.361 e. The van der Waals surface area contributed by atoms with Crippen LogP contribution in [0.15, 0.2) is 170 Å². The van der Waals surface area contributed by atoms with Gasteiger partial charge in [0.2, 0.25) is 0 Å². The molecule has 2 unspecified atom stereocenters. The molecule has 9 nitrogen and oxygen atoms in total. The summed E-state index contributed by atoms with van der Waals surface area (Å²) in [7, 11) is 5.97. The van der Waals surface area contributed by atoms with E-state index in [0.29, 0.717) is 23.9 Å². The number of carboxylic acids is 1. The molecule has 0 aromatic carbocycles. The third kappa shape index (κ3) is 71.9. The van der Waals surface area contributed by atoms with Crippen LogP contribution >= 0.6 is 0 Å². The molecular weight excluding hydrogens is 1130 g/mol. The number of esters is 2. The Labute approximate surface area is 558 Å². The van der Waals surface area contributed by atoms with Gasteiger partial charge in [-0.3, -0.25) is 9.59 Å². The second-order valence-corrected chi connectivity index (χ2v) is 24.8. The minimum atomic E-state index is -1.52. The first-order chi connectivity index (χ1) is 44.6. The maximum absolute atomic E-state index is 13.0. The van der Waals surface area contributed by atoms with Crippen molar-refractivity contribution in [3.63, 3.8) is 0 Å². The van der Waals surface area contributed by atoms with Gasteiger partial charge in [-0.1, -0.05) is 300 Å². The van der Waals surface area contributed by atoms with E-state index < -0.39 is 24.3 Å². The van der Waals surface area contributed by atoms with E-state index in [4.69, 9.17) is 18.9 Å². The van der Waals surface area contributed by atoms with Crippen LogP contribution in [-0.4, -0.2) is 87.4 Å². The lowest BCUT2D eigenvalue weighted by Gasteiger charge is -2.25. The normalized spacial score (nSPS) is 13.7. The van der Waals surface area contributed by atoms with E-state index >= 15 is 0 Å². The molecule has 0 spiro atoms. The first-order valence-corrected chi connectivity index (χ1v) is 36.3. The standard InChI is InChI=1S/C82H133NO8/c1-6-8-10-12-14-16-18-20-22-24-26-28-30-32-34-36-37-38-39-40-41-42-43-45-47-49-51-53-55-57-59-61-63-65-67-69-71-73-80(85)91-78(77-90-82(81(86)87)88-75-74-83(3,4)5)76-89-79(84)72-70-68-66-64-62-60-58-56-54-52-50-48-46-44-35-33-31-29-27-25-23-21-19-17-15-13-11-9-7-2/h8-11,14-17,20-23,26-29,32-35,37-38,40-41,43,45,49,51,78,82H,6-7,12-13,18-19,24-25,30-31,36,39,42,44,46-48,50,52-77H2,1-5H3/p+1/b10-8-,11-9-,16-14-,17-15-,22-20-,23-21-,28-26-,29-27-,34-32-,35-33-,38-37-,41-40-,45-43-,51-49-. The van der Waals surface area contributed by atoms with Crippen molar-refractivity contribution in [2.45, 2.75) is 283 Å². The smallest absolute Gasteiger partial charge is 0.361 e. The van der Waals surface area contributed by atoms with E-state index in [0.717, 1.165) is 135 Å². The molecule has 0 fully saturated rings. The van der Waals surface area contributed by atoms with Gasteiger partial charge in [0.25, 0.3) is 6.29 Å². The monoisotopic (exact) mass is 1260 g/mol. The molecule has 2 atom stereocenters. The van der Waals surface area contributed by atoms with Crippen molar-refractivity contribution in [2.75, 3.05) is 47.5 Å². The molecule has 1 N–H and O–H groups in total. The zero-order chi connectivity index (χ0) is 66.1. The number of hydrogen-bond donors (Lipinski definition) is 1. The summed E-state index contributed by atoms with van der Waals surface area (Å²) in [5.74, 6) is -2.02. The summed E-state index contributed by atoms with van der Waals surface area (Å²) >= 11 is 0. The maximum atomic E-state index is 13.0. The Morgan fingerprint density at radius 1 is 0.330 bits per heavy atom. The van der Waals surface area contributed by atoms with Gasteiger partial charge in [0.15, 0.2) is 6.10 Å². The van der Waals surface area contributed by atoms with Gasteiger partial charge in [0.05, 0.1) is 34.4 Å². The number of allylic oxidation sites excluding steroid dienone is 28. The molecule has 0 radical (unpaired) electrons. The molecular formula is C82H134NO8+. The Morgan fingerprint density at radius 3 is 0.879 bits per heavy atom. The summed E-state index contributed by atoms with van der Waals surface area (Å²) < 4.78 is 23.0. The van der Waals surface area contributed by atoms with Crippen molar-refractivity contribution < 1.29 is 42.9 Å². The third-order valence-corrected chi connectivity index (χ3v) is 15.0. The van der Waals surface area contributed by atoms with Gasteiger partial charge in [-0.25, -0.2) is 4.79 Å². The first-order valence-electron chi connectivity index (χ1n) is 36.3. The SMILES string of the molecule is CC/C=C\C/C=C\C/C=C\C/C=C\C/C=C\C/C=C\C/C=C\C/C=C\C/C=C\CCCCCCCCCCCC(=O)OC(COC(=O)CCCCCCCCCCCCCCC/C=C\C/C=C\C/C=C\C/C=C\C/C=C\CC)COC(OCC[N+](C)(C)C)C(=O)O. The van der Waals surface area contributed by atoms with Gasteiger partial charge in [-0.2, -0.15) is 0 Å². The summed E-state index contributed by atoms with van der Waals surface area (Å²) in [5, 5.41) is 9.76. The third-order valence-electron chi connectivity index (χ3n) is 15.0. The lowest BCUT2D eigenvalue weighted by Crippen LogP contribution is -2.40. The molecule has 0 aliphatic rings. The number of nitrogens with zero attached hydrogens (tertiary/aromatic N) is 1. The van der Waals surface area contributed by atoms with Crippen molar-refractivity contribution in [3.05, 3.63) is 170 Å². The minimum absolute atomic E-state index is 0.178. The molecule has 9 heteroatoms. The van der Waals surface area contributed by atoms with Crippen LogP contribution < -0.4 is 0 Å². The molecule has 0 amide bonds. The molecule has 514 valence electrons. The fourth-order valence-corrected chi connectivity index (χ4v) is 9.50. The fourth-order valence-electron chi connectivity index (χ4n) is 9.50. The number of unbranched alkanes of at least 4 members (excludes halogenated alkanes) is 22. The molecule has 0 saturated carbocycles.